The fourth-order valence-electron chi connectivity index (χ4n) is 1.89. The van der Waals surface area contributed by atoms with Gasteiger partial charge in [-0.05, 0) is 19.1 Å². The van der Waals surface area contributed by atoms with Crippen LogP contribution < -0.4 is 11.4 Å². The summed E-state index contributed by atoms with van der Waals surface area (Å²) < 4.78 is 2.24. The number of aromatic amines is 1. The van der Waals surface area contributed by atoms with E-state index in [4.69, 9.17) is 0 Å². The summed E-state index contributed by atoms with van der Waals surface area (Å²) in [5.74, 6) is 0. The number of hydrogen-bond acceptors (Lipinski definition) is 3. The Morgan fingerprint density at radius 3 is 2.61 bits per heavy atom. The molecule has 0 aliphatic carbocycles. The molecule has 0 radical (unpaired) electrons. The Bertz CT molecular complexity index is 827. The number of aromatic nitrogens is 4. The maximum atomic E-state index is 12.2. The van der Waals surface area contributed by atoms with E-state index in [1.165, 1.54) is 4.52 Å². The molecule has 0 saturated carbocycles. The molecule has 3 rings (SSSR count). The van der Waals surface area contributed by atoms with Crippen LogP contribution in [0.4, 0.5) is 0 Å². The van der Waals surface area contributed by atoms with Gasteiger partial charge < -0.3 is 0 Å². The third kappa shape index (κ3) is 1.46. The number of fused-ring (bicyclic) bond motifs is 1. The smallest absolute Gasteiger partial charge is 0.291 e. The molecular formula is C12H10N4O2. The van der Waals surface area contributed by atoms with E-state index in [-0.39, 0.29) is 0 Å². The summed E-state index contributed by atoms with van der Waals surface area (Å²) in [5, 5.41) is 4.05. The van der Waals surface area contributed by atoms with Crippen LogP contribution in [-0.2, 0) is 0 Å². The molecule has 6 heteroatoms. The number of para-hydroxylation sites is 1. The number of aryl methyl sites for hydroxylation is 1. The highest BCUT2D eigenvalue weighted by atomic mass is 16.2. The quantitative estimate of drug-likeness (QED) is 0.674. The molecule has 0 fully saturated rings. The Morgan fingerprint density at radius 2 is 1.89 bits per heavy atom. The monoisotopic (exact) mass is 242 g/mol. The first kappa shape index (κ1) is 10.5. The van der Waals surface area contributed by atoms with Crippen LogP contribution in [0.15, 0.2) is 46.0 Å². The fourth-order valence-corrected chi connectivity index (χ4v) is 1.89. The summed E-state index contributed by atoms with van der Waals surface area (Å²) >= 11 is 0. The number of nitrogens with one attached hydrogen (secondary N) is 1. The predicted molar refractivity (Wildman–Crippen MR) is 66.1 cm³/mol. The zero-order valence-electron chi connectivity index (χ0n) is 9.62. The second-order valence-electron chi connectivity index (χ2n) is 3.97. The van der Waals surface area contributed by atoms with Gasteiger partial charge in [0.05, 0.1) is 11.4 Å². The minimum Gasteiger partial charge on any atom is -0.291 e. The van der Waals surface area contributed by atoms with Crippen molar-refractivity contribution >= 4 is 5.65 Å². The molecule has 1 aromatic carbocycles. The minimum absolute atomic E-state index is 0.398. The third-order valence-electron chi connectivity index (χ3n) is 2.66. The van der Waals surface area contributed by atoms with Crippen LogP contribution in [0.2, 0.25) is 0 Å². The van der Waals surface area contributed by atoms with Gasteiger partial charge in [-0.1, -0.05) is 18.2 Å². The lowest BCUT2D eigenvalue weighted by atomic mass is 10.3. The lowest BCUT2D eigenvalue weighted by Gasteiger charge is -2.03. The van der Waals surface area contributed by atoms with Crippen LogP contribution in [0.3, 0.4) is 0 Å². The first-order valence-corrected chi connectivity index (χ1v) is 5.44. The lowest BCUT2D eigenvalue weighted by Crippen LogP contribution is -2.38. The summed E-state index contributed by atoms with van der Waals surface area (Å²) in [6.07, 6.45) is 0. The minimum atomic E-state index is -0.479. The molecule has 0 spiro atoms. The van der Waals surface area contributed by atoms with Gasteiger partial charge in [-0.3, -0.25) is 4.98 Å². The van der Waals surface area contributed by atoms with E-state index in [0.717, 1.165) is 4.57 Å². The highest BCUT2D eigenvalue weighted by Gasteiger charge is 2.10. The molecule has 0 unspecified atom stereocenters. The van der Waals surface area contributed by atoms with Crippen LogP contribution in [0.25, 0.3) is 11.3 Å². The number of H-pyrrole nitrogens is 1. The molecule has 2 heterocycles. The van der Waals surface area contributed by atoms with E-state index in [0.29, 0.717) is 17.0 Å². The molecule has 0 amide bonds. The van der Waals surface area contributed by atoms with Crippen molar-refractivity contribution in [3.8, 4) is 5.69 Å². The van der Waals surface area contributed by atoms with Crippen molar-refractivity contribution in [1.82, 2.24) is 19.2 Å². The van der Waals surface area contributed by atoms with Crippen molar-refractivity contribution in [2.75, 3.05) is 0 Å². The van der Waals surface area contributed by atoms with Gasteiger partial charge in [0, 0.05) is 6.07 Å². The molecular weight excluding hydrogens is 232 g/mol. The Hall–Kier alpha value is -2.63. The van der Waals surface area contributed by atoms with E-state index >= 15 is 0 Å². The van der Waals surface area contributed by atoms with Gasteiger partial charge in [-0.2, -0.15) is 9.61 Å². The van der Waals surface area contributed by atoms with Crippen LogP contribution in [-0.4, -0.2) is 19.2 Å². The van der Waals surface area contributed by atoms with Crippen molar-refractivity contribution in [2.24, 2.45) is 0 Å². The van der Waals surface area contributed by atoms with Crippen molar-refractivity contribution < 1.29 is 0 Å². The molecule has 1 N–H and O–H groups in total. The van der Waals surface area contributed by atoms with Gasteiger partial charge in [-0.25, -0.2) is 14.2 Å². The normalized spacial score (nSPS) is 10.9. The number of hydrogen-bond donors (Lipinski definition) is 1. The van der Waals surface area contributed by atoms with E-state index in [9.17, 15) is 9.59 Å². The van der Waals surface area contributed by atoms with Crippen LogP contribution in [0, 0.1) is 6.92 Å². The number of benzene rings is 1. The van der Waals surface area contributed by atoms with Crippen molar-refractivity contribution in [2.45, 2.75) is 6.92 Å². The Morgan fingerprint density at radius 1 is 1.17 bits per heavy atom. The molecule has 90 valence electrons. The van der Waals surface area contributed by atoms with Gasteiger partial charge in [0.1, 0.15) is 5.65 Å². The van der Waals surface area contributed by atoms with Gasteiger partial charge in [-0.15, -0.1) is 0 Å². The maximum absolute atomic E-state index is 12.2. The molecule has 0 bridgehead atoms. The highest BCUT2D eigenvalue weighted by Crippen LogP contribution is 2.02. The molecule has 0 atom stereocenters. The Balaban J connectivity index is 2.44. The highest BCUT2D eigenvalue weighted by molar-refractivity contribution is 5.39. The van der Waals surface area contributed by atoms with Crippen LogP contribution in [0.1, 0.15) is 5.69 Å². The molecule has 2 aromatic heterocycles. The van der Waals surface area contributed by atoms with Crippen molar-refractivity contribution in [3.05, 3.63) is 63.1 Å². The maximum Gasteiger partial charge on any atom is 0.359 e. The molecule has 0 saturated heterocycles. The average Bonchev–Trinajstić information content (AvgIpc) is 2.71. The summed E-state index contributed by atoms with van der Waals surface area (Å²) in [6.45, 7) is 1.76. The standard InChI is InChI=1S/C12H10N4O2/c1-8-7-10-13-11(17)15(12(18)16(10)14-8)9-5-3-2-4-6-9/h2-7H,1H3,(H,13,17). The Labute approximate surface area is 101 Å². The predicted octanol–water partition coefficient (Wildman–Crippen LogP) is 0.482. The summed E-state index contributed by atoms with van der Waals surface area (Å²) in [7, 11) is 0. The lowest BCUT2D eigenvalue weighted by molar-refractivity contribution is 0.742. The van der Waals surface area contributed by atoms with Crippen LogP contribution >= 0.6 is 0 Å². The van der Waals surface area contributed by atoms with Gasteiger partial charge in [0.25, 0.3) is 0 Å². The SMILES string of the molecule is Cc1cc2[nH]c(=O)n(-c3ccccc3)c(=O)n2n1. The zero-order chi connectivity index (χ0) is 12.7. The van der Waals surface area contributed by atoms with Gasteiger partial charge in [0.15, 0.2) is 0 Å². The van der Waals surface area contributed by atoms with Crippen LogP contribution in [0.5, 0.6) is 0 Å². The Kier molecular flexibility index (Phi) is 2.16. The summed E-state index contributed by atoms with van der Waals surface area (Å²) in [4.78, 5) is 26.8. The zero-order valence-corrected chi connectivity index (χ0v) is 9.62. The largest absolute Gasteiger partial charge is 0.359 e. The molecule has 18 heavy (non-hydrogen) atoms. The fraction of sp³-hybridized carbons (Fsp3) is 0.0833. The van der Waals surface area contributed by atoms with E-state index < -0.39 is 11.4 Å². The number of nitrogens with zero attached hydrogens (tertiary/aromatic N) is 3. The van der Waals surface area contributed by atoms with Gasteiger partial charge in [0.2, 0.25) is 0 Å². The topological polar surface area (TPSA) is 72.2 Å². The summed E-state index contributed by atoms with van der Waals surface area (Å²) in [6, 6.07) is 10.4. The van der Waals surface area contributed by atoms with E-state index in [1.54, 1.807) is 37.3 Å². The van der Waals surface area contributed by atoms with Crippen molar-refractivity contribution in [1.29, 1.82) is 0 Å². The summed E-state index contributed by atoms with van der Waals surface area (Å²) in [5.41, 5.74) is 0.633. The average molecular weight is 242 g/mol. The first-order valence-electron chi connectivity index (χ1n) is 5.44. The van der Waals surface area contributed by atoms with Crippen molar-refractivity contribution in [3.63, 3.8) is 0 Å². The number of rotatable bonds is 1. The molecule has 6 nitrogen and oxygen atoms in total. The second-order valence-corrected chi connectivity index (χ2v) is 3.97. The molecule has 0 aliphatic rings. The molecule has 3 aromatic rings. The molecule has 0 aliphatic heterocycles. The van der Waals surface area contributed by atoms with Gasteiger partial charge >= 0.3 is 11.4 Å². The van der Waals surface area contributed by atoms with E-state index in [2.05, 4.69) is 10.1 Å². The van der Waals surface area contributed by atoms with E-state index in [1.807, 2.05) is 6.07 Å². The second kappa shape index (κ2) is 3.69. The first-order chi connectivity index (χ1) is 8.66. The third-order valence-corrected chi connectivity index (χ3v) is 2.66.